The van der Waals surface area contributed by atoms with Crippen LogP contribution in [0.5, 0.6) is 5.75 Å². The van der Waals surface area contributed by atoms with E-state index >= 15 is 0 Å². The van der Waals surface area contributed by atoms with Gasteiger partial charge in [0.05, 0.1) is 6.61 Å². The summed E-state index contributed by atoms with van der Waals surface area (Å²) in [5.74, 6) is 0.961. The van der Waals surface area contributed by atoms with Crippen LogP contribution in [0.15, 0.2) is 48.5 Å². The second kappa shape index (κ2) is 8.01. The first-order valence-corrected chi connectivity index (χ1v) is 10.1. The van der Waals surface area contributed by atoms with Gasteiger partial charge >= 0.3 is 0 Å². The zero-order valence-electron chi connectivity index (χ0n) is 15.8. The SMILES string of the molecule is OCc1ccccc1C1(O)CCCc2ccc(cc2)OC2CCN(CC2)C1. The zero-order valence-corrected chi connectivity index (χ0v) is 15.8. The van der Waals surface area contributed by atoms with Crippen molar-refractivity contribution in [3.8, 4) is 5.75 Å². The highest BCUT2D eigenvalue weighted by Crippen LogP contribution is 2.33. The molecule has 1 atom stereocenters. The van der Waals surface area contributed by atoms with E-state index in [0.717, 1.165) is 55.6 Å². The van der Waals surface area contributed by atoms with E-state index in [1.807, 2.05) is 24.3 Å². The van der Waals surface area contributed by atoms with Crippen LogP contribution in [0.25, 0.3) is 0 Å². The summed E-state index contributed by atoms with van der Waals surface area (Å²) in [4.78, 5) is 2.35. The topological polar surface area (TPSA) is 52.9 Å². The van der Waals surface area contributed by atoms with Gasteiger partial charge in [-0.05, 0) is 60.9 Å². The van der Waals surface area contributed by atoms with Gasteiger partial charge in [-0.1, -0.05) is 36.4 Å². The third-order valence-electron chi connectivity index (χ3n) is 5.99. The van der Waals surface area contributed by atoms with Crippen LogP contribution in [0, 0.1) is 0 Å². The van der Waals surface area contributed by atoms with Gasteiger partial charge in [-0.2, -0.15) is 0 Å². The van der Waals surface area contributed by atoms with E-state index in [9.17, 15) is 10.2 Å². The number of hydrogen-bond donors (Lipinski definition) is 2. The first kappa shape index (κ1) is 18.5. The smallest absolute Gasteiger partial charge is 0.119 e. The Morgan fingerprint density at radius 1 is 1.04 bits per heavy atom. The van der Waals surface area contributed by atoms with E-state index in [1.54, 1.807) is 0 Å². The average molecular weight is 367 g/mol. The molecule has 144 valence electrons. The zero-order chi connectivity index (χ0) is 18.7. The van der Waals surface area contributed by atoms with Crippen molar-refractivity contribution in [1.82, 2.24) is 4.90 Å². The van der Waals surface area contributed by atoms with Crippen molar-refractivity contribution in [2.24, 2.45) is 0 Å². The van der Waals surface area contributed by atoms with Crippen LogP contribution < -0.4 is 4.74 Å². The number of ether oxygens (including phenoxy) is 1. The molecular formula is C23H29NO3. The number of benzene rings is 2. The predicted molar refractivity (Wildman–Crippen MR) is 106 cm³/mol. The van der Waals surface area contributed by atoms with Crippen LogP contribution in [0.4, 0.5) is 0 Å². The van der Waals surface area contributed by atoms with Crippen molar-refractivity contribution in [2.45, 2.75) is 50.4 Å². The molecule has 1 unspecified atom stereocenters. The van der Waals surface area contributed by atoms with E-state index in [-0.39, 0.29) is 12.7 Å². The molecule has 5 aliphatic rings. The van der Waals surface area contributed by atoms with E-state index in [4.69, 9.17) is 4.74 Å². The lowest BCUT2D eigenvalue weighted by Gasteiger charge is -2.39. The Hall–Kier alpha value is -1.88. The highest BCUT2D eigenvalue weighted by atomic mass is 16.5. The van der Waals surface area contributed by atoms with Gasteiger partial charge in [0, 0.05) is 19.6 Å². The number of piperidine rings is 1. The van der Waals surface area contributed by atoms with Crippen LogP contribution in [0.3, 0.4) is 0 Å². The highest BCUT2D eigenvalue weighted by molar-refractivity contribution is 5.33. The molecule has 0 aliphatic carbocycles. The van der Waals surface area contributed by atoms with E-state index < -0.39 is 5.60 Å². The fraction of sp³-hybridized carbons (Fsp3) is 0.478. The minimum Gasteiger partial charge on any atom is -0.490 e. The number of aliphatic hydroxyl groups is 2. The largest absolute Gasteiger partial charge is 0.490 e. The maximum atomic E-state index is 11.7. The van der Waals surface area contributed by atoms with Crippen LogP contribution in [-0.2, 0) is 18.6 Å². The quantitative estimate of drug-likeness (QED) is 0.856. The molecule has 4 bridgehead atoms. The molecule has 5 heterocycles. The molecule has 5 aliphatic heterocycles. The molecule has 0 aromatic heterocycles. The minimum atomic E-state index is -0.947. The molecule has 0 amide bonds. The third kappa shape index (κ3) is 4.18. The second-order valence-electron chi connectivity index (χ2n) is 7.94. The van der Waals surface area contributed by atoms with Crippen LogP contribution in [-0.4, -0.2) is 40.9 Å². The summed E-state index contributed by atoms with van der Waals surface area (Å²) in [5.41, 5.74) is 2.01. The van der Waals surface area contributed by atoms with Gasteiger partial charge in [0.25, 0.3) is 0 Å². The van der Waals surface area contributed by atoms with Gasteiger partial charge in [-0.15, -0.1) is 0 Å². The molecule has 4 heteroatoms. The molecule has 1 saturated heterocycles. The van der Waals surface area contributed by atoms with Gasteiger partial charge in [0.15, 0.2) is 0 Å². The van der Waals surface area contributed by atoms with E-state index in [0.29, 0.717) is 13.0 Å². The van der Waals surface area contributed by atoms with Gasteiger partial charge in [0.2, 0.25) is 0 Å². The summed E-state index contributed by atoms with van der Waals surface area (Å²) in [5, 5.41) is 21.5. The molecular weight excluding hydrogens is 338 g/mol. The Labute approximate surface area is 161 Å². The lowest BCUT2D eigenvalue weighted by molar-refractivity contribution is -0.0249. The Kier molecular flexibility index (Phi) is 5.48. The Bertz CT molecular complexity index is 752. The van der Waals surface area contributed by atoms with Gasteiger partial charge in [-0.3, -0.25) is 4.90 Å². The lowest BCUT2D eigenvalue weighted by Crippen LogP contribution is -2.46. The number of aliphatic hydroxyl groups excluding tert-OH is 1. The van der Waals surface area contributed by atoms with Crippen molar-refractivity contribution in [1.29, 1.82) is 0 Å². The molecule has 2 N–H and O–H groups in total. The number of nitrogens with zero attached hydrogens (tertiary/aromatic N) is 1. The average Bonchev–Trinajstić information content (AvgIpc) is 2.70. The summed E-state index contributed by atoms with van der Waals surface area (Å²) in [7, 11) is 0. The number of rotatable bonds is 2. The third-order valence-corrected chi connectivity index (χ3v) is 5.99. The first-order valence-electron chi connectivity index (χ1n) is 10.1. The monoisotopic (exact) mass is 367 g/mol. The van der Waals surface area contributed by atoms with Crippen molar-refractivity contribution >= 4 is 0 Å². The maximum absolute atomic E-state index is 11.7. The van der Waals surface area contributed by atoms with Crippen molar-refractivity contribution in [2.75, 3.05) is 19.6 Å². The van der Waals surface area contributed by atoms with Gasteiger partial charge in [-0.25, -0.2) is 0 Å². The number of aryl methyl sites for hydroxylation is 1. The molecule has 2 aromatic rings. The molecule has 4 nitrogen and oxygen atoms in total. The summed E-state index contributed by atoms with van der Waals surface area (Å²) in [6, 6.07) is 16.2. The molecule has 0 spiro atoms. The normalized spacial score (nSPS) is 28.5. The summed E-state index contributed by atoms with van der Waals surface area (Å²) >= 11 is 0. The summed E-state index contributed by atoms with van der Waals surface area (Å²) in [6.45, 7) is 2.41. The van der Waals surface area contributed by atoms with Crippen molar-refractivity contribution in [3.05, 3.63) is 65.2 Å². The lowest BCUT2D eigenvalue weighted by atomic mass is 9.84. The van der Waals surface area contributed by atoms with Crippen LogP contribution in [0.1, 0.15) is 42.4 Å². The molecule has 0 radical (unpaired) electrons. The minimum absolute atomic E-state index is 0.0458. The fourth-order valence-electron chi connectivity index (χ4n) is 4.48. The highest BCUT2D eigenvalue weighted by Gasteiger charge is 2.34. The molecule has 0 saturated carbocycles. The number of hydrogen-bond acceptors (Lipinski definition) is 4. The molecule has 2 aromatic carbocycles. The first-order chi connectivity index (χ1) is 13.2. The standard InChI is InChI=1S/C23H29NO3/c25-16-19-5-1-2-6-22(19)23(26)13-3-4-18-7-9-20(10-8-18)27-21-11-14-24(17-23)15-12-21/h1-2,5-10,21,25-26H,3-4,11-17H2. The van der Waals surface area contributed by atoms with E-state index in [1.165, 1.54) is 5.56 Å². The van der Waals surface area contributed by atoms with Gasteiger partial charge < -0.3 is 14.9 Å². The van der Waals surface area contributed by atoms with Crippen LogP contribution >= 0.6 is 0 Å². The van der Waals surface area contributed by atoms with E-state index in [2.05, 4.69) is 29.2 Å². The Morgan fingerprint density at radius 3 is 2.52 bits per heavy atom. The van der Waals surface area contributed by atoms with Crippen molar-refractivity contribution in [3.63, 3.8) is 0 Å². The molecule has 1 fully saturated rings. The van der Waals surface area contributed by atoms with Crippen LogP contribution in [0.2, 0.25) is 0 Å². The summed E-state index contributed by atoms with van der Waals surface area (Å²) < 4.78 is 6.15. The molecule has 27 heavy (non-hydrogen) atoms. The van der Waals surface area contributed by atoms with Gasteiger partial charge in [0.1, 0.15) is 17.5 Å². The fourth-order valence-corrected chi connectivity index (χ4v) is 4.48. The maximum Gasteiger partial charge on any atom is 0.119 e. The Morgan fingerprint density at radius 2 is 1.78 bits per heavy atom. The Balaban J connectivity index is 1.65. The second-order valence-corrected chi connectivity index (χ2v) is 7.94. The van der Waals surface area contributed by atoms with Crippen molar-refractivity contribution < 1.29 is 14.9 Å². The molecule has 7 rings (SSSR count). The summed E-state index contributed by atoms with van der Waals surface area (Å²) in [6.07, 6.45) is 4.69. The predicted octanol–water partition coefficient (Wildman–Crippen LogP) is 3.25.